The molecule has 0 spiro atoms. The minimum Gasteiger partial charge on any atom is -0.454 e. The molecule has 130 valence electrons. The van der Waals surface area contributed by atoms with Gasteiger partial charge in [-0.15, -0.1) is 5.10 Å². The minimum atomic E-state index is 0.00847. The lowest BCUT2D eigenvalue weighted by Crippen LogP contribution is -2.13. The molecule has 1 N–H and O–H groups in total. The smallest absolute Gasteiger partial charge is 0.225 e. The molecule has 6 heteroatoms. The summed E-state index contributed by atoms with van der Waals surface area (Å²) in [6, 6.07) is 13.4. The number of nitrogens with zero attached hydrogens (tertiary/aromatic N) is 3. The Hall–Kier alpha value is -3.15. The zero-order valence-electron chi connectivity index (χ0n) is 14.2. The maximum Gasteiger partial charge on any atom is 0.225 e. The van der Waals surface area contributed by atoms with Crippen LogP contribution in [-0.2, 0) is 4.79 Å². The molecule has 1 aliphatic carbocycles. The highest BCUT2D eigenvalue weighted by Gasteiger charge is 2.22. The fourth-order valence-corrected chi connectivity index (χ4v) is 3.16. The summed E-state index contributed by atoms with van der Waals surface area (Å²) in [5.41, 5.74) is 2.28. The number of anilines is 1. The standard InChI is InChI=1S/C20H18N4O2/c25-20(10-7-13-5-6-13)22-18-8-9-19-21-12-15(24(19)23-18)17-11-14-3-1-2-4-16(14)26-17/h1-4,8-9,11-13H,5-7,10H2,(H,22,23,25). The molecule has 5 rings (SSSR count). The van der Waals surface area contributed by atoms with Crippen LogP contribution in [-0.4, -0.2) is 20.5 Å². The number of hydrogen-bond acceptors (Lipinski definition) is 4. The molecule has 1 aliphatic rings. The monoisotopic (exact) mass is 346 g/mol. The van der Waals surface area contributed by atoms with Crippen LogP contribution < -0.4 is 5.32 Å². The van der Waals surface area contributed by atoms with Crippen LogP contribution >= 0.6 is 0 Å². The Kier molecular flexibility index (Phi) is 3.48. The van der Waals surface area contributed by atoms with Gasteiger partial charge in [0.2, 0.25) is 5.91 Å². The van der Waals surface area contributed by atoms with Crippen molar-refractivity contribution in [2.24, 2.45) is 5.92 Å². The van der Waals surface area contributed by atoms with Gasteiger partial charge in [0.25, 0.3) is 0 Å². The van der Waals surface area contributed by atoms with Crippen molar-refractivity contribution in [3.05, 3.63) is 48.7 Å². The first-order chi connectivity index (χ1) is 12.8. The van der Waals surface area contributed by atoms with Gasteiger partial charge in [0.05, 0.1) is 6.20 Å². The Morgan fingerprint density at radius 2 is 2.12 bits per heavy atom. The SMILES string of the molecule is O=C(CCC1CC1)Nc1ccc2ncc(-c3cc4ccccc4o3)n2n1. The highest BCUT2D eigenvalue weighted by atomic mass is 16.3. The van der Waals surface area contributed by atoms with Gasteiger partial charge in [-0.25, -0.2) is 9.50 Å². The van der Waals surface area contributed by atoms with Crippen LogP contribution in [0.2, 0.25) is 0 Å². The van der Waals surface area contributed by atoms with Crippen molar-refractivity contribution < 1.29 is 9.21 Å². The third-order valence-electron chi connectivity index (χ3n) is 4.78. The van der Waals surface area contributed by atoms with E-state index in [9.17, 15) is 4.79 Å². The first-order valence-corrected chi connectivity index (χ1v) is 8.90. The van der Waals surface area contributed by atoms with E-state index in [1.54, 1.807) is 16.8 Å². The van der Waals surface area contributed by atoms with Crippen LogP contribution in [0.15, 0.2) is 53.1 Å². The molecule has 1 saturated carbocycles. The second-order valence-corrected chi connectivity index (χ2v) is 6.81. The predicted octanol–water partition coefficient (Wildman–Crippen LogP) is 4.27. The lowest BCUT2D eigenvalue weighted by Gasteiger charge is -2.05. The molecule has 0 saturated heterocycles. The number of fused-ring (bicyclic) bond motifs is 2. The molecule has 0 aliphatic heterocycles. The molecule has 3 aromatic heterocycles. The van der Waals surface area contributed by atoms with Crippen molar-refractivity contribution in [2.45, 2.75) is 25.7 Å². The van der Waals surface area contributed by atoms with E-state index in [1.165, 1.54) is 12.8 Å². The lowest BCUT2D eigenvalue weighted by molar-refractivity contribution is -0.116. The summed E-state index contributed by atoms with van der Waals surface area (Å²) in [7, 11) is 0. The van der Waals surface area contributed by atoms with Crippen LogP contribution in [0.4, 0.5) is 5.82 Å². The summed E-state index contributed by atoms with van der Waals surface area (Å²) < 4.78 is 7.63. The molecule has 4 aromatic rings. The Labute approximate surface area is 149 Å². The second-order valence-electron chi connectivity index (χ2n) is 6.81. The van der Waals surface area contributed by atoms with E-state index in [-0.39, 0.29) is 5.91 Å². The normalized spacial score (nSPS) is 14.2. The number of benzene rings is 1. The molecule has 26 heavy (non-hydrogen) atoms. The van der Waals surface area contributed by atoms with Gasteiger partial charge in [-0.05, 0) is 36.6 Å². The van der Waals surface area contributed by atoms with Gasteiger partial charge in [-0.1, -0.05) is 31.0 Å². The van der Waals surface area contributed by atoms with Crippen LogP contribution in [0.3, 0.4) is 0 Å². The fraction of sp³-hybridized carbons (Fsp3) is 0.250. The fourth-order valence-electron chi connectivity index (χ4n) is 3.16. The van der Waals surface area contributed by atoms with Crippen molar-refractivity contribution in [2.75, 3.05) is 5.32 Å². The van der Waals surface area contributed by atoms with E-state index in [1.807, 2.05) is 36.4 Å². The Balaban J connectivity index is 1.45. The molecule has 1 fully saturated rings. The Bertz CT molecular complexity index is 1070. The summed E-state index contributed by atoms with van der Waals surface area (Å²) in [5, 5.41) is 8.44. The van der Waals surface area contributed by atoms with Crippen molar-refractivity contribution >= 4 is 28.3 Å². The number of rotatable bonds is 5. The molecule has 0 bridgehead atoms. The first kappa shape index (κ1) is 15.1. The van der Waals surface area contributed by atoms with Crippen LogP contribution in [0.25, 0.3) is 28.1 Å². The van der Waals surface area contributed by atoms with Crippen molar-refractivity contribution in [3.63, 3.8) is 0 Å². The van der Waals surface area contributed by atoms with Gasteiger partial charge < -0.3 is 9.73 Å². The number of furan rings is 1. The first-order valence-electron chi connectivity index (χ1n) is 8.90. The molecule has 0 radical (unpaired) electrons. The predicted molar refractivity (Wildman–Crippen MR) is 98.8 cm³/mol. The van der Waals surface area contributed by atoms with Gasteiger partial charge in [0.15, 0.2) is 17.2 Å². The number of imidazole rings is 1. The summed E-state index contributed by atoms with van der Waals surface area (Å²) in [5.74, 6) is 1.97. The number of amides is 1. The molecular formula is C20H18N4O2. The number of carbonyl (C=O) groups is 1. The number of hydrogen-bond donors (Lipinski definition) is 1. The summed E-state index contributed by atoms with van der Waals surface area (Å²) in [6.07, 6.45) is 5.76. The Morgan fingerprint density at radius 3 is 2.96 bits per heavy atom. The van der Waals surface area contributed by atoms with E-state index in [0.29, 0.717) is 23.6 Å². The highest BCUT2D eigenvalue weighted by molar-refractivity contribution is 5.89. The van der Waals surface area contributed by atoms with Crippen LogP contribution in [0, 0.1) is 5.92 Å². The number of para-hydroxylation sites is 1. The molecule has 0 unspecified atom stereocenters. The maximum atomic E-state index is 12.1. The van der Waals surface area contributed by atoms with E-state index in [2.05, 4.69) is 15.4 Å². The number of carbonyl (C=O) groups excluding carboxylic acids is 1. The van der Waals surface area contributed by atoms with E-state index in [0.717, 1.165) is 29.0 Å². The summed E-state index contributed by atoms with van der Waals surface area (Å²) in [4.78, 5) is 16.5. The average molecular weight is 346 g/mol. The third kappa shape index (κ3) is 2.83. The van der Waals surface area contributed by atoms with Gasteiger partial charge in [0, 0.05) is 11.8 Å². The third-order valence-corrected chi connectivity index (χ3v) is 4.78. The lowest BCUT2D eigenvalue weighted by atomic mass is 10.2. The van der Waals surface area contributed by atoms with Crippen molar-refractivity contribution in [1.29, 1.82) is 0 Å². The van der Waals surface area contributed by atoms with E-state index in [4.69, 9.17) is 4.42 Å². The van der Waals surface area contributed by atoms with Crippen molar-refractivity contribution in [3.8, 4) is 11.5 Å². The number of aromatic nitrogens is 3. The molecule has 6 nitrogen and oxygen atoms in total. The number of nitrogens with one attached hydrogen (secondary N) is 1. The second kappa shape index (κ2) is 5.98. The quantitative estimate of drug-likeness (QED) is 0.586. The Morgan fingerprint density at radius 1 is 1.23 bits per heavy atom. The molecular weight excluding hydrogens is 328 g/mol. The maximum absolute atomic E-state index is 12.1. The highest BCUT2D eigenvalue weighted by Crippen LogP contribution is 2.33. The molecule has 0 atom stereocenters. The van der Waals surface area contributed by atoms with E-state index < -0.39 is 0 Å². The van der Waals surface area contributed by atoms with Gasteiger partial charge in [0.1, 0.15) is 11.3 Å². The summed E-state index contributed by atoms with van der Waals surface area (Å²) in [6.45, 7) is 0. The van der Waals surface area contributed by atoms with Crippen molar-refractivity contribution in [1.82, 2.24) is 14.6 Å². The van der Waals surface area contributed by atoms with Gasteiger partial charge in [-0.3, -0.25) is 4.79 Å². The largest absolute Gasteiger partial charge is 0.454 e. The zero-order chi connectivity index (χ0) is 17.5. The minimum absolute atomic E-state index is 0.00847. The topological polar surface area (TPSA) is 72.4 Å². The zero-order valence-corrected chi connectivity index (χ0v) is 14.2. The van der Waals surface area contributed by atoms with E-state index >= 15 is 0 Å². The molecule has 3 heterocycles. The van der Waals surface area contributed by atoms with Gasteiger partial charge >= 0.3 is 0 Å². The molecule has 1 aromatic carbocycles. The van der Waals surface area contributed by atoms with Crippen LogP contribution in [0.1, 0.15) is 25.7 Å². The van der Waals surface area contributed by atoms with Gasteiger partial charge in [-0.2, -0.15) is 0 Å². The molecule has 1 amide bonds. The average Bonchev–Trinajstić information content (AvgIpc) is 3.23. The summed E-state index contributed by atoms with van der Waals surface area (Å²) >= 11 is 0. The van der Waals surface area contributed by atoms with Crippen LogP contribution in [0.5, 0.6) is 0 Å².